The lowest BCUT2D eigenvalue weighted by molar-refractivity contribution is -0.671. The largest absolute Gasteiger partial charge is 0.480 e. The number of likely N-dealkylation sites (tertiary alicyclic amines) is 3. The topological polar surface area (TPSA) is 232 Å². The number of amides is 7. The Kier molecular flexibility index (Phi) is 13.4. The molecular formula is C34H49N8O9+. The number of hydrogen-bond acceptors (Lipinski definition) is 8. The molecular weight excluding hydrogens is 664 g/mol. The number of pyridine rings is 1. The number of aliphatic carboxylic acids is 1. The first kappa shape index (κ1) is 38.7. The van der Waals surface area contributed by atoms with Gasteiger partial charge in [0.1, 0.15) is 49.4 Å². The van der Waals surface area contributed by atoms with Gasteiger partial charge in [0.2, 0.25) is 35.4 Å². The zero-order chi connectivity index (χ0) is 37.2. The minimum Gasteiger partial charge on any atom is -0.480 e. The van der Waals surface area contributed by atoms with Crippen molar-refractivity contribution < 1.29 is 48.0 Å². The molecule has 6 N–H and O–H groups in total. The van der Waals surface area contributed by atoms with Crippen LogP contribution in [0.5, 0.6) is 0 Å². The van der Waals surface area contributed by atoms with E-state index in [4.69, 9.17) is 10.8 Å². The lowest BCUT2D eigenvalue weighted by Crippen LogP contribution is -2.58. The van der Waals surface area contributed by atoms with E-state index in [0.29, 0.717) is 57.1 Å². The van der Waals surface area contributed by atoms with Crippen LogP contribution in [0, 0.1) is 0 Å². The fourth-order valence-electron chi connectivity index (χ4n) is 7.07. The zero-order valence-corrected chi connectivity index (χ0v) is 29.2. The van der Waals surface area contributed by atoms with Crippen LogP contribution in [-0.2, 0) is 40.6 Å². The molecule has 0 unspecified atom stereocenters. The maximum absolute atomic E-state index is 13.9. The number of nitrogens with zero attached hydrogens (tertiary/aromatic N) is 4. The van der Waals surface area contributed by atoms with Crippen LogP contribution >= 0.6 is 0 Å². The molecule has 0 aliphatic carbocycles. The van der Waals surface area contributed by atoms with Gasteiger partial charge in [-0.1, -0.05) is 13.3 Å². The van der Waals surface area contributed by atoms with E-state index < -0.39 is 72.3 Å². The van der Waals surface area contributed by atoms with Crippen molar-refractivity contribution in [1.82, 2.24) is 30.7 Å². The molecule has 17 heteroatoms. The molecule has 3 aliphatic rings. The van der Waals surface area contributed by atoms with Gasteiger partial charge < -0.3 is 41.5 Å². The average Bonchev–Trinajstić information content (AvgIpc) is 3.89. The number of nitrogens with one attached hydrogen (secondary N) is 3. The molecule has 0 radical (unpaired) electrons. The first-order valence-electron chi connectivity index (χ1n) is 17.6. The van der Waals surface area contributed by atoms with Gasteiger partial charge in [0.25, 0.3) is 5.91 Å². The van der Waals surface area contributed by atoms with E-state index in [9.17, 15) is 38.4 Å². The molecule has 3 aliphatic heterocycles. The molecule has 1 aromatic heterocycles. The molecule has 278 valence electrons. The van der Waals surface area contributed by atoms with Crippen LogP contribution in [0.1, 0.15) is 81.5 Å². The van der Waals surface area contributed by atoms with Crippen molar-refractivity contribution >= 4 is 47.3 Å². The van der Waals surface area contributed by atoms with E-state index in [1.165, 1.54) is 9.80 Å². The van der Waals surface area contributed by atoms with Crippen LogP contribution in [0.25, 0.3) is 0 Å². The molecule has 7 amide bonds. The first-order chi connectivity index (χ1) is 24.3. The van der Waals surface area contributed by atoms with E-state index in [1.54, 1.807) is 41.0 Å². The van der Waals surface area contributed by atoms with Crippen LogP contribution < -0.4 is 26.3 Å². The van der Waals surface area contributed by atoms with Crippen molar-refractivity contribution in [2.75, 3.05) is 26.2 Å². The summed E-state index contributed by atoms with van der Waals surface area (Å²) in [5.41, 5.74) is 5.82. The van der Waals surface area contributed by atoms with Gasteiger partial charge in [0.05, 0.1) is 0 Å². The van der Waals surface area contributed by atoms with Crippen LogP contribution in [0.3, 0.4) is 0 Å². The molecule has 0 saturated carbocycles. The van der Waals surface area contributed by atoms with Crippen LogP contribution in [0.2, 0.25) is 0 Å². The average molecular weight is 714 g/mol. The molecule has 3 fully saturated rings. The van der Waals surface area contributed by atoms with Crippen molar-refractivity contribution in [2.24, 2.45) is 12.8 Å². The Bertz CT molecular complexity index is 1520. The Balaban J connectivity index is 1.45. The minimum atomic E-state index is -1.27. The minimum absolute atomic E-state index is 0.163. The van der Waals surface area contributed by atoms with Gasteiger partial charge in [-0.05, 0) is 57.4 Å². The predicted octanol–water partition coefficient (Wildman–Crippen LogP) is -1.67. The number of aryl methyl sites for hydroxylation is 1. The van der Waals surface area contributed by atoms with Gasteiger partial charge in [0, 0.05) is 32.1 Å². The highest BCUT2D eigenvalue weighted by Gasteiger charge is 2.44. The summed E-state index contributed by atoms with van der Waals surface area (Å²) >= 11 is 0. The highest BCUT2D eigenvalue weighted by molar-refractivity contribution is 5.99. The van der Waals surface area contributed by atoms with E-state index in [-0.39, 0.29) is 44.2 Å². The fraction of sp³-hybridized carbons (Fsp3) is 0.618. The standard InChI is InChI=1S/C34H48N8O9/c1-3-8-23(33(50)40-16-5-10-24(40)30(47)36-19-28(44)45)38-29(46)22(13-14-27(35)43)37-31(48)25-11-6-17-41(25)34(51)26-12-7-18-42(26)32(49)21-9-4-15-39(2)20-21/h4,9,15,20,22-26H,3,5-8,10-14,16-19H2,1-2H3,(H5-,35,36,37,38,43,44,45,46,47,48)/p+1/t22-,23-,24-,25-,26-/m0/s1. The number of carboxylic acids is 1. The summed E-state index contributed by atoms with van der Waals surface area (Å²) in [5.74, 6) is -5.02. The predicted molar refractivity (Wildman–Crippen MR) is 179 cm³/mol. The van der Waals surface area contributed by atoms with Gasteiger partial charge >= 0.3 is 5.97 Å². The highest BCUT2D eigenvalue weighted by Crippen LogP contribution is 2.26. The summed E-state index contributed by atoms with van der Waals surface area (Å²) in [4.78, 5) is 108. The fourth-order valence-corrected chi connectivity index (χ4v) is 7.07. The number of aromatic nitrogens is 1. The summed E-state index contributed by atoms with van der Waals surface area (Å²) in [6, 6.07) is -1.46. The quantitative estimate of drug-likeness (QED) is 0.131. The number of nitrogens with two attached hydrogens (primary N) is 1. The number of carbonyl (C=O) groups excluding carboxylic acids is 7. The Hall–Kier alpha value is -5.09. The van der Waals surface area contributed by atoms with E-state index in [1.807, 2.05) is 6.92 Å². The maximum Gasteiger partial charge on any atom is 0.322 e. The van der Waals surface area contributed by atoms with Gasteiger partial charge in [-0.25, -0.2) is 4.57 Å². The Labute approximate surface area is 296 Å². The van der Waals surface area contributed by atoms with E-state index >= 15 is 0 Å². The summed E-state index contributed by atoms with van der Waals surface area (Å²) in [6.07, 6.45) is 6.55. The molecule has 4 rings (SSSR count). The number of primary amides is 1. The van der Waals surface area contributed by atoms with Gasteiger partial charge in [-0.2, -0.15) is 0 Å². The number of rotatable bonds is 15. The van der Waals surface area contributed by atoms with Crippen LogP contribution in [0.4, 0.5) is 0 Å². The Morgan fingerprint density at radius 2 is 1.49 bits per heavy atom. The highest BCUT2D eigenvalue weighted by atomic mass is 16.4. The Morgan fingerprint density at radius 3 is 2.12 bits per heavy atom. The normalized spacial score (nSPS) is 21.1. The third-order valence-corrected chi connectivity index (χ3v) is 9.58. The molecule has 5 atom stereocenters. The SMILES string of the molecule is CCC[C@H](NC(=O)[C@H](CCC(N)=O)NC(=O)[C@@H]1CCCN1C(=O)[C@@H]1CCCN1C(=O)c1ccc[n+](C)c1)C(=O)N1CCC[C@H]1C(=O)NCC(=O)O. The first-order valence-corrected chi connectivity index (χ1v) is 17.6. The van der Waals surface area contributed by atoms with Gasteiger partial charge in [-0.3, -0.25) is 38.4 Å². The molecule has 17 nitrogen and oxygen atoms in total. The number of hydrogen-bond donors (Lipinski definition) is 5. The molecule has 4 heterocycles. The number of carbonyl (C=O) groups is 8. The van der Waals surface area contributed by atoms with Crippen LogP contribution in [0.15, 0.2) is 24.5 Å². The van der Waals surface area contributed by atoms with Crippen molar-refractivity contribution in [1.29, 1.82) is 0 Å². The second-order valence-corrected chi connectivity index (χ2v) is 13.3. The van der Waals surface area contributed by atoms with Gasteiger partial charge in [-0.15, -0.1) is 0 Å². The van der Waals surface area contributed by atoms with Crippen molar-refractivity contribution in [3.63, 3.8) is 0 Å². The lowest BCUT2D eigenvalue weighted by atomic mass is 10.1. The zero-order valence-electron chi connectivity index (χ0n) is 29.2. The van der Waals surface area contributed by atoms with Crippen LogP contribution in [-0.4, -0.2) is 124 Å². The summed E-state index contributed by atoms with van der Waals surface area (Å²) in [5, 5.41) is 16.6. The van der Waals surface area contributed by atoms with E-state index in [2.05, 4.69) is 16.0 Å². The second-order valence-electron chi connectivity index (χ2n) is 13.3. The van der Waals surface area contributed by atoms with E-state index in [0.717, 1.165) is 0 Å². The third kappa shape index (κ3) is 9.79. The van der Waals surface area contributed by atoms with Crippen molar-refractivity contribution in [3.8, 4) is 0 Å². The molecule has 51 heavy (non-hydrogen) atoms. The number of carboxylic acid groups (broad SMARTS) is 1. The smallest absolute Gasteiger partial charge is 0.322 e. The molecule has 0 bridgehead atoms. The third-order valence-electron chi connectivity index (χ3n) is 9.58. The molecule has 3 saturated heterocycles. The van der Waals surface area contributed by atoms with Crippen molar-refractivity contribution in [3.05, 3.63) is 30.1 Å². The maximum atomic E-state index is 13.9. The van der Waals surface area contributed by atoms with Gasteiger partial charge in [0.15, 0.2) is 12.4 Å². The molecule has 1 aromatic rings. The molecule has 0 spiro atoms. The monoisotopic (exact) mass is 713 g/mol. The molecule has 0 aromatic carbocycles. The summed E-state index contributed by atoms with van der Waals surface area (Å²) in [7, 11) is 1.80. The Morgan fingerprint density at radius 1 is 0.863 bits per heavy atom. The van der Waals surface area contributed by atoms with Crippen molar-refractivity contribution in [2.45, 2.75) is 101 Å². The summed E-state index contributed by atoms with van der Waals surface area (Å²) < 4.78 is 1.75. The second kappa shape index (κ2) is 17.7. The summed E-state index contributed by atoms with van der Waals surface area (Å²) in [6.45, 7) is 2.14. The lowest BCUT2D eigenvalue weighted by Gasteiger charge is -2.32.